The van der Waals surface area contributed by atoms with Crippen molar-refractivity contribution in [2.24, 2.45) is 0 Å². The molecule has 6 nitrogen and oxygen atoms in total. The molecule has 3 aromatic heterocycles. The summed E-state index contributed by atoms with van der Waals surface area (Å²) < 4.78 is 26.9. The number of imidazole rings is 1. The van der Waals surface area contributed by atoms with Gasteiger partial charge in [-0.2, -0.15) is 0 Å². The number of hydrogen-bond donors (Lipinski definition) is 0. The number of halogens is 1. The van der Waals surface area contributed by atoms with Crippen molar-refractivity contribution >= 4 is 16.6 Å². The molecular formula is C19H17FN4O2. The van der Waals surface area contributed by atoms with Crippen molar-refractivity contribution in [2.45, 2.75) is 13.8 Å². The molecule has 0 unspecified atom stereocenters. The molecular weight excluding hydrogens is 335 g/mol. The van der Waals surface area contributed by atoms with E-state index < -0.39 is 5.82 Å². The quantitative estimate of drug-likeness (QED) is 0.562. The highest BCUT2D eigenvalue weighted by atomic mass is 19.1. The smallest absolute Gasteiger partial charge is 0.150 e. The Morgan fingerprint density at radius 1 is 1.00 bits per heavy atom. The number of ether oxygens (including phenoxy) is 2. The van der Waals surface area contributed by atoms with E-state index in [1.807, 2.05) is 18.2 Å². The van der Waals surface area contributed by atoms with E-state index in [0.29, 0.717) is 33.9 Å². The van der Waals surface area contributed by atoms with E-state index in [2.05, 4.69) is 9.97 Å². The number of hydrogen-bond acceptors (Lipinski definition) is 5. The van der Waals surface area contributed by atoms with Gasteiger partial charge in [-0.05, 0) is 19.9 Å². The molecule has 132 valence electrons. The van der Waals surface area contributed by atoms with Gasteiger partial charge in [-0.25, -0.2) is 14.4 Å². The number of methoxy groups -OCH3 is 2. The fourth-order valence-electron chi connectivity index (χ4n) is 3.32. The normalized spacial score (nSPS) is 11.3. The van der Waals surface area contributed by atoms with Gasteiger partial charge in [0.1, 0.15) is 22.8 Å². The van der Waals surface area contributed by atoms with Gasteiger partial charge in [0.2, 0.25) is 0 Å². The monoisotopic (exact) mass is 352 g/mol. The van der Waals surface area contributed by atoms with Crippen molar-refractivity contribution in [2.75, 3.05) is 14.2 Å². The highest BCUT2D eigenvalue weighted by molar-refractivity contribution is 5.88. The summed E-state index contributed by atoms with van der Waals surface area (Å²) in [5.41, 5.74) is 4.26. The third kappa shape index (κ3) is 2.28. The van der Waals surface area contributed by atoms with Crippen LogP contribution >= 0.6 is 0 Å². The van der Waals surface area contributed by atoms with Crippen molar-refractivity contribution in [3.63, 3.8) is 0 Å². The predicted molar refractivity (Wildman–Crippen MR) is 96.3 cm³/mol. The largest absolute Gasteiger partial charge is 0.496 e. The van der Waals surface area contributed by atoms with Crippen LogP contribution in [0.2, 0.25) is 0 Å². The average Bonchev–Trinajstić information content (AvgIpc) is 3.00. The molecule has 0 radical (unpaired) electrons. The van der Waals surface area contributed by atoms with E-state index in [-0.39, 0.29) is 0 Å². The SMILES string of the molecule is COc1ccncc1-c1nc(C)c2c(C)nc3c(OC)cc(F)cc3n12. The van der Waals surface area contributed by atoms with Gasteiger partial charge in [-0.1, -0.05) is 0 Å². The molecule has 0 aliphatic carbocycles. The molecule has 0 bridgehead atoms. The zero-order chi connectivity index (χ0) is 18.4. The Morgan fingerprint density at radius 3 is 2.46 bits per heavy atom. The van der Waals surface area contributed by atoms with E-state index >= 15 is 0 Å². The van der Waals surface area contributed by atoms with Crippen LogP contribution in [-0.2, 0) is 0 Å². The lowest BCUT2D eigenvalue weighted by Gasteiger charge is -2.12. The molecule has 1 aromatic carbocycles. The van der Waals surface area contributed by atoms with Gasteiger partial charge >= 0.3 is 0 Å². The van der Waals surface area contributed by atoms with E-state index in [1.54, 1.807) is 25.6 Å². The Bertz CT molecular complexity index is 1150. The standard InChI is InChI=1S/C19H17FN4O2/c1-10-18-11(2)23-19(13-9-21-6-5-15(13)25-3)24(18)14-7-12(20)8-16(26-4)17(14)22-10/h5-9H,1-4H3. The van der Waals surface area contributed by atoms with Gasteiger partial charge in [-0.15, -0.1) is 0 Å². The number of fused-ring (bicyclic) bond motifs is 3. The van der Waals surface area contributed by atoms with Crippen LogP contribution in [-0.4, -0.2) is 33.6 Å². The van der Waals surface area contributed by atoms with Crippen molar-refractivity contribution in [1.29, 1.82) is 0 Å². The second-order valence-corrected chi connectivity index (χ2v) is 5.95. The second kappa shape index (κ2) is 5.94. The maximum atomic E-state index is 14.2. The fraction of sp³-hybridized carbons (Fsp3) is 0.211. The summed E-state index contributed by atoms with van der Waals surface area (Å²) in [6, 6.07) is 4.53. The number of benzene rings is 1. The minimum atomic E-state index is -0.406. The van der Waals surface area contributed by atoms with E-state index in [0.717, 1.165) is 16.9 Å². The summed E-state index contributed by atoms with van der Waals surface area (Å²) >= 11 is 0. The molecule has 0 aliphatic rings. The van der Waals surface area contributed by atoms with Gasteiger partial charge < -0.3 is 9.47 Å². The Kier molecular flexibility index (Phi) is 3.72. The number of pyridine rings is 1. The van der Waals surface area contributed by atoms with Crippen molar-refractivity contribution in [3.05, 3.63) is 47.8 Å². The zero-order valence-electron chi connectivity index (χ0n) is 14.9. The zero-order valence-corrected chi connectivity index (χ0v) is 14.9. The van der Waals surface area contributed by atoms with Gasteiger partial charge in [0.05, 0.1) is 42.2 Å². The number of nitrogens with zero attached hydrogens (tertiary/aromatic N) is 4. The van der Waals surface area contributed by atoms with Gasteiger partial charge in [0.15, 0.2) is 5.82 Å². The third-order valence-corrected chi connectivity index (χ3v) is 4.40. The summed E-state index contributed by atoms with van der Waals surface area (Å²) in [4.78, 5) is 13.5. The molecule has 0 fully saturated rings. The summed E-state index contributed by atoms with van der Waals surface area (Å²) in [6.07, 6.45) is 3.34. The molecule has 0 amide bonds. The second-order valence-electron chi connectivity index (χ2n) is 5.95. The molecule has 0 saturated carbocycles. The Morgan fingerprint density at radius 2 is 1.73 bits per heavy atom. The Hall–Kier alpha value is -3.22. The molecule has 3 heterocycles. The fourth-order valence-corrected chi connectivity index (χ4v) is 3.32. The average molecular weight is 352 g/mol. The van der Waals surface area contributed by atoms with Crippen LogP contribution in [0.25, 0.3) is 27.9 Å². The summed E-state index contributed by atoms with van der Waals surface area (Å²) in [5.74, 6) is 1.22. The summed E-state index contributed by atoms with van der Waals surface area (Å²) in [6.45, 7) is 3.80. The molecule has 0 atom stereocenters. The lowest BCUT2D eigenvalue weighted by atomic mass is 10.2. The van der Waals surface area contributed by atoms with Crippen LogP contribution in [0.3, 0.4) is 0 Å². The molecule has 4 aromatic rings. The van der Waals surface area contributed by atoms with Crippen molar-refractivity contribution in [1.82, 2.24) is 19.4 Å². The maximum Gasteiger partial charge on any atom is 0.150 e. The van der Waals surface area contributed by atoms with Crippen LogP contribution in [0.4, 0.5) is 4.39 Å². The van der Waals surface area contributed by atoms with Crippen molar-refractivity contribution < 1.29 is 13.9 Å². The minimum Gasteiger partial charge on any atom is -0.496 e. The van der Waals surface area contributed by atoms with Crippen LogP contribution in [0.1, 0.15) is 11.4 Å². The molecule has 26 heavy (non-hydrogen) atoms. The topological polar surface area (TPSA) is 61.5 Å². The lowest BCUT2D eigenvalue weighted by Crippen LogP contribution is -2.01. The highest BCUT2D eigenvalue weighted by Gasteiger charge is 2.20. The first-order valence-electron chi connectivity index (χ1n) is 8.06. The third-order valence-electron chi connectivity index (χ3n) is 4.40. The molecule has 0 aliphatic heterocycles. The first-order valence-corrected chi connectivity index (χ1v) is 8.06. The summed E-state index contributed by atoms with van der Waals surface area (Å²) in [5, 5.41) is 0. The molecule has 0 spiro atoms. The predicted octanol–water partition coefficient (Wildman–Crippen LogP) is 3.72. The number of rotatable bonds is 3. The van der Waals surface area contributed by atoms with Crippen LogP contribution in [0.5, 0.6) is 11.5 Å². The number of aryl methyl sites for hydroxylation is 2. The van der Waals surface area contributed by atoms with Crippen LogP contribution in [0.15, 0.2) is 30.6 Å². The molecule has 7 heteroatoms. The minimum absolute atomic E-state index is 0.375. The van der Waals surface area contributed by atoms with Crippen LogP contribution < -0.4 is 9.47 Å². The van der Waals surface area contributed by atoms with E-state index in [1.165, 1.54) is 19.2 Å². The Balaban J connectivity index is 2.22. The van der Waals surface area contributed by atoms with E-state index in [9.17, 15) is 4.39 Å². The van der Waals surface area contributed by atoms with Gasteiger partial charge in [0.25, 0.3) is 0 Å². The van der Waals surface area contributed by atoms with Crippen molar-refractivity contribution in [3.8, 4) is 22.9 Å². The molecule has 0 N–H and O–H groups in total. The van der Waals surface area contributed by atoms with Gasteiger partial charge in [-0.3, -0.25) is 9.38 Å². The van der Waals surface area contributed by atoms with E-state index in [4.69, 9.17) is 14.5 Å². The highest BCUT2D eigenvalue weighted by Crippen LogP contribution is 2.35. The summed E-state index contributed by atoms with van der Waals surface area (Å²) in [7, 11) is 3.09. The molecule has 0 saturated heterocycles. The number of aromatic nitrogens is 4. The maximum absolute atomic E-state index is 14.2. The first-order chi connectivity index (χ1) is 12.5. The Labute approximate surface area is 149 Å². The first kappa shape index (κ1) is 16.3. The van der Waals surface area contributed by atoms with Crippen LogP contribution in [0, 0.1) is 19.7 Å². The van der Waals surface area contributed by atoms with Gasteiger partial charge in [0, 0.05) is 24.5 Å². The lowest BCUT2D eigenvalue weighted by molar-refractivity contribution is 0.415. The molecule has 4 rings (SSSR count).